The van der Waals surface area contributed by atoms with Crippen molar-refractivity contribution in [2.45, 2.75) is 38.6 Å². The van der Waals surface area contributed by atoms with Crippen molar-refractivity contribution in [2.75, 3.05) is 5.73 Å². The van der Waals surface area contributed by atoms with Crippen LogP contribution >= 0.6 is 0 Å². The Labute approximate surface area is 148 Å². The fraction of sp³-hybridized carbons (Fsp3) is 0.318. The SMILES string of the molecule is N#Cc1ccc2c(c1)c(-c1cccc(N)c1)cn2CC1CCCCC1. The number of hydrogen-bond acceptors (Lipinski definition) is 2. The smallest absolute Gasteiger partial charge is 0.0991 e. The van der Waals surface area contributed by atoms with Crippen LogP contribution in [0.2, 0.25) is 0 Å². The minimum Gasteiger partial charge on any atom is -0.399 e. The minimum atomic E-state index is 0.702. The molecule has 126 valence electrons. The maximum Gasteiger partial charge on any atom is 0.0991 e. The van der Waals surface area contributed by atoms with E-state index in [2.05, 4.69) is 29.0 Å². The van der Waals surface area contributed by atoms with Crippen molar-refractivity contribution in [3.63, 3.8) is 0 Å². The summed E-state index contributed by atoms with van der Waals surface area (Å²) < 4.78 is 2.38. The average Bonchev–Trinajstić information content (AvgIpc) is 3.00. The Morgan fingerprint density at radius 1 is 1.08 bits per heavy atom. The number of nitriles is 1. The Hall–Kier alpha value is -2.73. The van der Waals surface area contributed by atoms with Gasteiger partial charge >= 0.3 is 0 Å². The van der Waals surface area contributed by atoms with E-state index in [4.69, 9.17) is 5.73 Å². The first-order valence-corrected chi connectivity index (χ1v) is 9.13. The molecule has 0 atom stereocenters. The molecule has 1 aliphatic carbocycles. The summed E-state index contributed by atoms with van der Waals surface area (Å²) in [5.74, 6) is 0.758. The van der Waals surface area contributed by atoms with Gasteiger partial charge in [-0.2, -0.15) is 5.26 Å². The maximum absolute atomic E-state index is 9.29. The van der Waals surface area contributed by atoms with Crippen LogP contribution in [0.15, 0.2) is 48.7 Å². The molecule has 0 aliphatic heterocycles. The van der Waals surface area contributed by atoms with Crippen LogP contribution in [0.3, 0.4) is 0 Å². The lowest BCUT2D eigenvalue weighted by molar-refractivity contribution is 0.323. The Morgan fingerprint density at radius 2 is 1.92 bits per heavy atom. The molecule has 2 aromatic carbocycles. The van der Waals surface area contributed by atoms with Gasteiger partial charge in [0.1, 0.15) is 0 Å². The third-order valence-electron chi connectivity index (χ3n) is 5.39. The van der Waals surface area contributed by atoms with Crippen LogP contribution in [0.4, 0.5) is 5.69 Å². The Morgan fingerprint density at radius 3 is 2.68 bits per heavy atom. The topological polar surface area (TPSA) is 54.7 Å². The molecule has 3 aromatic rings. The molecule has 1 aliphatic rings. The minimum absolute atomic E-state index is 0.702. The van der Waals surface area contributed by atoms with Crippen LogP contribution in [0.5, 0.6) is 0 Å². The number of nitrogen functional groups attached to an aromatic ring is 1. The van der Waals surface area contributed by atoms with Crippen molar-refractivity contribution in [1.82, 2.24) is 4.57 Å². The highest BCUT2D eigenvalue weighted by atomic mass is 15.0. The second-order valence-corrected chi connectivity index (χ2v) is 7.17. The molecule has 1 fully saturated rings. The molecular weight excluding hydrogens is 306 g/mol. The Kier molecular flexibility index (Phi) is 4.19. The zero-order valence-electron chi connectivity index (χ0n) is 14.4. The molecule has 1 heterocycles. The summed E-state index contributed by atoms with van der Waals surface area (Å²) in [4.78, 5) is 0. The van der Waals surface area contributed by atoms with Crippen molar-refractivity contribution in [2.24, 2.45) is 5.92 Å². The number of nitrogens with two attached hydrogens (primary N) is 1. The lowest BCUT2D eigenvalue weighted by atomic mass is 9.89. The fourth-order valence-electron chi connectivity index (χ4n) is 4.10. The highest BCUT2D eigenvalue weighted by Gasteiger charge is 2.17. The van der Waals surface area contributed by atoms with Gasteiger partial charge in [0, 0.05) is 34.9 Å². The van der Waals surface area contributed by atoms with E-state index in [1.165, 1.54) is 37.6 Å². The molecule has 0 bridgehead atoms. The first-order chi connectivity index (χ1) is 12.2. The predicted molar refractivity (Wildman–Crippen MR) is 103 cm³/mol. The molecule has 0 unspecified atom stereocenters. The second kappa shape index (κ2) is 6.64. The van der Waals surface area contributed by atoms with Gasteiger partial charge in [0.25, 0.3) is 0 Å². The zero-order valence-corrected chi connectivity index (χ0v) is 14.4. The lowest BCUT2D eigenvalue weighted by Crippen LogP contribution is -2.13. The van der Waals surface area contributed by atoms with Gasteiger partial charge in [0.2, 0.25) is 0 Å². The third-order valence-corrected chi connectivity index (χ3v) is 5.39. The van der Waals surface area contributed by atoms with E-state index in [0.29, 0.717) is 5.56 Å². The summed E-state index contributed by atoms with van der Waals surface area (Å²) in [5, 5.41) is 10.4. The normalized spacial score (nSPS) is 15.3. The summed E-state index contributed by atoms with van der Waals surface area (Å²) in [6.07, 6.45) is 8.97. The molecule has 25 heavy (non-hydrogen) atoms. The number of nitrogens with zero attached hydrogens (tertiary/aromatic N) is 2. The molecular formula is C22H23N3. The number of anilines is 1. The summed E-state index contributed by atoms with van der Waals surface area (Å²) >= 11 is 0. The van der Waals surface area contributed by atoms with Crippen LogP contribution in [0, 0.1) is 17.2 Å². The van der Waals surface area contributed by atoms with Gasteiger partial charge in [0.15, 0.2) is 0 Å². The van der Waals surface area contributed by atoms with Crippen molar-refractivity contribution < 1.29 is 0 Å². The molecule has 3 heteroatoms. The number of aromatic nitrogens is 1. The largest absolute Gasteiger partial charge is 0.399 e. The number of fused-ring (bicyclic) bond motifs is 1. The number of hydrogen-bond donors (Lipinski definition) is 1. The molecule has 0 spiro atoms. The quantitative estimate of drug-likeness (QED) is 0.659. The van der Waals surface area contributed by atoms with Crippen LogP contribution in [-0.4, -0.2) is 4.57 Å². The Balaban J connectivity index is 1.82. The van der Waals surface area contributed by atoms with Gasteiger partial charge in [-0.3, -0.25) is 0 Å². The average molecular weight is 329 g/mol. The van der Waals surface area contributed by atoms with Crippen LogP contribution in [-0.2, 0) is 6.54 Å². The maximum atomic E-state index is 9.29. The monoisotopic (exact) mass is 329 g/mol. The lowest BCUT2D eigenvalue weighted by Gasteiger charge is -2.22. The molecule has 1 saturated carbocycles. The number of rotatable bonds is 3. The first kappa shape index (κ1) is 15.8. The molecule has 4 rings (SSSR count). The summed E-state index contributed by atoms with van der Waals surface area (Å²) in [6.45, 7) is 1.06. The van der Waals surface area contributed by atoms with E-state index in [0.717, 1.165) is 34.7 Å². The number of benzene rings is 2. The van der Waals surface area contributed by atoms with Gasteiger partial charge in [0.05, 0.1) is 11.6 Å². The van der Waals surface area contributed by atoms with Crippen LogP contribution in [0.25, 0.3) is 22.0 Å². The van der Waals surface area contributed by atoms with Crippen LogP contribution < -0.4 is 5.73 Å². The second-order valence-electron chi connectivity index (χ2n) is 7.17. The standard InChI is InChI=1S/C22H23N3/c23-13-17-9-10-22-20(11-17)21(18-7-4-8-19(24)12-18)15-25(22)14-16-5-2-1-3-6-16/h4,7-12,15-16H,1-3,5-6,14,24H2. The van der Waals surface area contributed by atoms with Gasteiger partial charge < -0.3 is 10.3 Å². The van der Waals surface area contributed by atoms with E-state index in [1.807, 2.05) is 30.3 Å². The van der Waals surface area contributed by atoms with Crippen LogP contribution in [0.1, 0.15) is 37.7 Å². The summed E-state index contributed by atoms with van der Waals surface area (Å²) in [6, 6.07) is 16.3. The molecule has 2 N–H and O–H groups in total. The summed E-state index contributed by atoms with van der Waals surface area (Å²) in [7, 11) is 0. The van der Waals surface area contributed by atoms with E-state index in [1.54, 1.807) is 0 Å². The zero-order chi connectivity index (χ0) is 17.2. The Bertz CT molecular complexity index is 940. The molecule has 0 amide bonds. The van der Waals surface area contributed by atoms with Gasteiger partial charge in [-0.1, -0.05) is 31.4 Å². The molecule has 3 nitrogen and oxygen atoms in total. The van der Waals surface area contributed by atoms with E-state index in [9.17, 15) is 5.26 Å². The highest BCUT2D eigenvalue weighted by molar-refractivity contribution is 5.97. The van der Waals surface area contributed by atoms with Gasteiger partial charge in [-0.15, -0.1) is 0 Å². The van der Waals surface area contributed by atoms with Gasteiger partial charge in [-0.05, 0) is 54.7 Å². The predicted octanol–water partition coefficient (Wildman–Crippen LogP) is 5.34. The molecule has 0 saturated heterocycles. The van der Waals surface area contributed by atoms with E-state index in [-0.39, 0.29) is 0 Å². The van der Waals surface area contributed by atoms with E-state index >= 15 is 0 Å². The van der Waals surface area contributed by atoms with Gasteiger partial charge in [-0.25, -0.2) is 0 Å². The first-order valence-electron chi connectivity index (χ1n) is 9.13. The van der Waals surface area contributed by atoms with Crippen molar-refractivity contribution in [1.29, 1.82) is 5.26 Å². The molecule has 1 aromatic heterocycles. The highest BCUT2D eigenvalue weighted by Crippen LogP contribution is 2.34. The van der Waals surface area contributed by atoms with Crippen molar-refractivity contribution in [3.8, 4) is 17.2 Å². The fourth-order valence-corrected chi connectivity index (χ4v) is 4.10. The van der Waals surface area contributed by atoms with E-state index < -0.39 is 0 Å². The van der Waals surface area contributed by atoms with Crippen molar-refractivity contribution >= 4 is 16.6 Å². The molecule has 0 radical (unpaired) electrons. The third kappa shape index (κ3) is 3.13. The van der Waals surface area contributed by atoms with Crippen molar-refractivity contribution in [3.05, 3.63) is 54.2 Å². The summed E-state index contributed by atoms with van der Waals surface area (Å²) in [5.41, 5.74) is 10.9.